The zero-order valence-electron chi connectivity index (χ0n) is 24.8. The SMILES string of the molecule is CC(C)c1nc(N(C)S(C)(=O)=O)nc(-c2ccc(F)cc2)c1/C=C/[C@@H](O)C[C@@H](O)CC(=O)OC1OC(C(=O)O)C(O)C(O)C1O. The fourth-order valence-corrected chi connectivity index (χ4v) is 4.74. The first-order valence-corrected chi connectivity index (χ1v) is 15.5. The van der Waals surface area contributed by atoms with Crippen molar-refractivity contribution in [1.29, 1.82) is 0 Å². The molecule has 0 saturated carbocycles. The van der Waals surface area contributed by atoms with Gasteiger partial charge in [-0.2, -0.15) is 0 Å². The van der Waals surface area contributed by atoms with Crippen LogP contribution in [-0.4, -0.2) is 117 Å². The van der Waals surface area contributed by atoms with Crippen molar-refractivity contribution in [2.24, 2.45) is 0 Å². The number of benzene rings is 1. The Balaban J connectivity index is 1.80. The van der Waals surface area contributed by atoms with E-state index >= 15 is 0 Å². The number of aliphatic hydroxyl groups excluding tert-OH is 5. The van der Waals surface area contributed by atoms with Crippen LogP contribution in [0.5, 0.6) is 0 Å². The topological polar surface area (TPSA) is 237 Å². The fourth-order valence-electron chi connectivity index (χ4n) is 4.36. The van der Waals surface area contributed by atoms with Gasteiger partial charge in [-0.15, -0.1) is 0 Å². The maximum Gasteiger partial charge on any atom is 0.335 e. The lowest BCUT2D eigenvalue weighted by Gasteiger charge is -2.38. The van der Waals surface area contributed by atoms with E-state index in [2.05, 4.69) is 9.97 Å². The van der Waals surface area contributed by atoms with E-state index < -0.39 is 83.5 Å². The Morgan fingerprint density at radius 3 is 2.27 bits per heavy atom. The molecule has 0 spiro atoms. The molecule has 1 saturated heterocycles. The monoisotopic (exact) mass is 657 g/mol. The summed E-state index contributed by atoms with van der Waals surface area (Å²) in [5.74, 6) is -3.74. The molecule has 45 heavy (non-hydrogen) atoms. The molecule has 5 unspecified atom stereocenters. The molecule has 1 aliphatic heterocycles. The maximum absolute atomic E-state index is 13.7. The van der Waals surface area contributed by atoms with Crippen molar-refractivity contribution in [2.75, 3.05) is 17.6 Å². The Labute approximate surface area is 258 Å². The average molecular weight is 658 g/mol. The third-order valence-corrected chi connectivity index (χ3v) is 8.03. The number of aromatic nitrogens is 2. The van der Waals surface area contributed by atoms with E-state index in [0.29, 0.717) is 16.8 Å². The normalized spacial score (nSPS) is 23.6. The summed E-state index contributed by atoms with van der Waals surface area (Å²) in [4.78, 5) is 32.4. The van der Waals surface area contributed by atoms with Crippen LogP contribution >= 0.6 is 0 Å². The number of anilines is 1. The number of sulfonamides is 1. The van der Waals surface area contributed by atoms with Gasteiger partial charge in [-0.25, -0.2) is 31.9 Å². The Bertz CT molecular complexity index is 1500. The Morgan fingerprint density at radius 2 is 1.71 bits per heavy atom. The number of hydrogen-bond donors (Lipinski definition) is 6. The molecule has 0 amide bonds. The number of nitrogens with zero attached hydrogens (tertiary/aromatic N) is 3. The van der Waals surface area contributed by atoms with Gasteiger partial charge in [0.1, 0.15) is 24.1 Å². The second-order valence-electron chi connectivity index (χ2n) is 10.8. The standard InChI is InChI=1S/C28H36FN3O12S/c1-13(2)20-18(21(14-5-7-15(29)8-6-14)31-28(30-20)32(3)45(4,41)42)10-9-16(33)11-17(34)12-19(35)43-27-24(38)22(36)23(37)25(44-27)26(39)40/h5-10,13,16-17,22-25,27,33-34,36-38H,11-12H2,1-4H3,(H,39,40)/b10-9+/t16-,17-,22?,23?,24?,25?,27?/m1/s1. The predicted octanol–water partition coefficient (Wildman–Crippen LogP) is -0.247. The van der Waals surface area contributed by atoms with Crippen LogP contribution in [0, 0.1) is 5.82 Å². The van der Waals surface area contributed by atoms with E-state index in [1.807, 2.05) is 0 Å². The molecule has 3 rings (SSSR count). The van der Waals surface area contributed by atoms with Crippen molar-refractivity contribution < 1.29 is 62.5 Å². The van der Waals surface area contributed by atoms with Crippen molar-refractivity contribution in [3.63, 3.8) is 0 Å². The van der Waals surface area contributed by atoms with Crippen LogP contribution in [0.2, 0.25) is 0 Å². The van der Waals surface area contributed by atoms with Crippen LogP contribution in [0.1, 0.15) is 43.9 Å². The van der Waals surface area contributed by atoms with Crippen molar-refractivity contribution in [3.05, 3.63) is 47.4 Å². The first-order chi connectivity index (χ1) is 20.9. The predicted molar refractivity (Wildman–Crippen MR) is 155 cm³/mol. The highest BCUT2D eigenvalue weighted by Gasteiger charge is 2.48. The molecule has 1 aromatic heterocycles. The minimum absolute atomic E-state index is 0.129. The van der Waals surface area contributed by atoms with Crippen LogP contribution in [0.25, 0.3) is 17.3 Å². The van der Waals surface area contributed by atoms with Crippen LogP contribution in [0.4, 0.5) is 10.3 Å². The van der Waals surface area contributed by atoms with Crippen molar-refractivity contribution in [2.45, 2.75) is 75.5 Å². The summed E-state index contributed by atoms with van der Waals surface area (Å²) in [6, 6.07) is 5.29. The molecular weight excluding hydrogens is 621 g/mol. The quantitative estimate of drug-likeness (QED) is 0.162. The first kappa shape index (κ1) is 35.9. The molecule has 1 fully saturated rings. The number of carbonyl (C=O) groups excluding carboxylic acids is 1. The number of halogens is 1. The molecule has 2 heterocycles. The Morgan fingerprint density at radius 1 is 1.09 bits per heavy atom. The number of carboxylic acids is 1. The lowest BCUT2D eigenvalue weighted by atomic mass is 9.97. The van der Waals surface area contributed by atoms with Gasteiger partial charge in [0.25, 0.3) is 0 Å². The van der Waals surface area contributed by atoms with Crippen LogP contribution in [0.15, 0.2) is 30.3 Å². The van der Waals surface area contributed by atoms with Gasteiger partial charge >= 0.3 is 11.9 Å². The second kappa shape index (κ2) is 14.7. The van der Waals surface area contributed by atoms with Gasteiger partial charge in [-0.1, -0.05) is 26.0 Å². The zero-order valence-corrected chi connectivity index (χ0v) is 25.6. The number of aliphatic carboxylic acids is 1. The number of hydrogen-bond acceptors (Lipinski definition) is 13. The molecule has 6 N–H and O–H groups in total. The van der Waals surface area contributed by atoms with E-state index in [9.17, 15) is 47.9 Å². The summed E-state index contributed by atoms with van der Waals surface area (Å²) < 4.78 is 48.7. The molecule has 15 nitrogen and oxygen atoms in total. The summed E-state index contributed by atoms with van der Waals surface area (Å²) >= 11 is 0. The number of carboxylic acid groups (broad SMARTS) is 1. The molecule has 248 valence electrons. The summed E-state index contributed by atoms with van der Waals surface area (Å²) in [5, 5.41) is 59.7. The molecule has 1 aromatic carbocycles. The molecular formula is C28H36FN3O12S. The van der Waals surface area contributed by atoms with Crippen molar-refractivity contribution in [3.8, 4) is 11.3 Å². The first-order valence-electron chi connectivity index (χ1n) is 13.7. The number of aliphatic hydroxyl groups is 5. The van der Waals surface area contributed by atoms with Crippen LogP contribution < -0.4 is 4.31 Å². The smallest absolute Gasteiger partial charge is 0.335 e. The highest BCUT2D eigenvalue weighted by Crippen LogP contribution is 2.32. The highest BCUT2D eigenvalue weighted by molar-refractivity contribution is 7.92. The van der Waals surface area contributed by atoms with E-state index in [1.165, 1.54) is 43.5 Å². The molecule has 0 bridgehead atoms. The molecule has 2 aromatic rings. The van der Waals surface area contributed by atoms with Gasteiger partial charge in [0.15, 0.2) is 6.10 Å². The largest absolute Gasteiger partial charge is 0.479 e. The number of carbonyl (C=O) groups is 2. The van der Waals surface area contributed by atoms with Crippen LogP contribution in [-0.2, 0) is 29.1 Å². The molecule has 17 heteroatoms. The summed E-state index contributed by atoms with van der Waals surface area (Å²) in [6.45, 7) is 3.60. The summed E-state index contributed by atoms with van der Waals surface area (Å²) in [6.07, 6.45) is -10.1. The molecule has 0 aliphatic carbocycles. The molecule has 0 radical (unpaired) electrons. The highest BCUT2D eigenvalue weighted by atomic mass is 32.2. The number of ether oxygens (including phenoxy) is 2. The number of esters is 1. The third kappa shape index (κ3) is 9.00. The van der Waals surface area contributed by atoms with Crippen LogP contribution in [0.3, 0.4) is 0 Å². The van der Waals surface area contributed by atoms with Gasteiger partial charge in [-0.3, -0.25) is 4.79 Å². The fraction of sp³-hybridized carbons (Fsp3) is 0.500. The lowest BCUT2D eigenvalue weighted by molar-refractivity contribution is -0.286. The Hall–Kier alpha value is -3.58. The minimum Gasteiger partial charge on any atom is -0.479 e. The maximum atomic E-state index is 13.7. The van der Waals surface area contributed by atoms with Gasteiger partial charge in [0.2, 0.25) is 22.3 Å². The van der Waals surface area contributed by atoms with Gasteiger partial charge < -0.3 is 40.1 Å². The summed E-state index contributed by atoms with van der Waals surface area (Å²) in [5.41, 5.74) is 1.45. The van der Waals surface area contributed by atoms with E-state index in [-0.39, 0.29) is 17.6 Å². The average Bonchev–Trinajstić information content (AvgIpc) is 2.95. The van der Waals surface area contributed by atoms with E-state index in [1.54, 1.807) is 13.8 Å². The lowest BCUT2D eigenvalue weighted by Crippen LogP contribution is -2.60. The van der Waals surface area contributed by atoms with E-state index in [0.717, 1.165) is 10.6 Å². The van der Waals surface area contributed by atoms with Crippen molar-refractivity contribution >= 4 is 34.0 Å². The summed E-state index contributed by atoms with van der Waals surface area (Å²) in [7, 11) is -2.45. The molecule has 7 atom stereocenters. The third-order valence-electron chi connectivity index (χ3n) is 6.87. The van der Waals surface area contributed by atoms with Crippen molar-refractivity contribution in [1.82, 2.24) is 9.97 Å². The van der Waals surface area contributed by atoms with E-state index in [4.69, 9.17) is 14.6 Å². The second-order valence-corrected chi connectivity index (χ2v) is 12.8. The van der Waals surface area contributed by atoms with Gasteiger partial charge in [0, 0.05) is 24.6 Å². The number of rotatable bonds is 12. The minimum atomic E-state index is -3.74. The van der Waals surface area contributed by atoms with Gasteiger partial charge in [0.05, 0.1) is 36.3 Å². The van der Waals surface area contributed by atoms with Gasteiger partial charge in [-0.05, 0) is 30.2 Å². The molecule has 1 aliphatic rings. The zero-order chi connectivity index (χ0) is 33.8. The Kier molecular flexibility index (Phi) is 11.7.